The van der Waals surface area contributed by atoms with Gasteiger partial charge in [-0.05, 0) is 49.6 Å². The summed E-state index contributed by atoms with van der Waals surface area (Å²) < 4.78 is 0. The Morgan fingerprint density at radius 3 is 2.62 bits per heavy atom. The van der Waals surface area contributed by atoms with Crippen molar-refractivity contribution in [2.75, 3.05) is 16.8 Å². The van der Waals surface area contributed by atoms with Gasteiger partial charge < -0.3 is 15.5 Å². The Morgan fingerprint density at radius 2 is 1.86 bits per heavy atom. The van der Waals surface area contributed by atoms with Crippen molar-refractivity contribution in [1.82, 2.24) is 5.32 Å². The minimum absolute atomic E-state index is 0.115. The Morgan fingerprint density at radius 1 is 1.10 bits per heavy atom. The van der Waals surface area contributed by atoms with Gasteiger partial charge in [-0.3, -0.25) is 14.4 Å². The third-order valence-electron chi connectivity index (χ3n) is 5.37. The molecule has 7 heteroatoms. The van der Waals surface area contributed by atoms with Gasteiger partial charge in [-0.25, -0.2) is 0 Å². The summed E-state index contributed by atoms with van der Waals surface area (Å²) in [6, 6.07) is 12.6. The van der Waals surface area contributed by atoms with Crippen molar-refractivity contribution in [3.05, 3.63) is 58.6 Å². The lowest BCUT2D eigenvalue weighted by Gasteiger charge is -2.20. The van der Waals surface area contributed by atoms with Crippen LogP contribution in [0, 0.1) is 12.8 Å². The molecule has 0 unspecified atom stereocenters. The van der Waals surface area contributed by atoms with E-state index in [2.05, 4.69) is 10.6 Å². The number of amides is 3. The molecule has 0 aromatic heterocycles. The zero-order valence-corrected chi connectivity index (χ0v) is 16.8. The van der Waals surface area contributed by atoms with E-state index in [1.807, 2.05) is 13.0 Å². The van der Waals surface area contributed by atoms with Crippen LogP contribution >= 0.6 is 11.6 Å². The molecule has 29 heavy (non-hydrogen) atoms. The summed E-state index contributed by atoms with van der Waals surface area (Å²) in [4.78, 5) is 39.4. The van der Waals surface area contributed by atoms with E-state index in [0.29, 0.717) is 16.3 Å². The molecule has 3 amide bonds. The maximum Gasteiger partial charge on any atom is 0.253 e. The molecule has 0 bridgehead atoms. The van der Waals surface area contributed by atoms with Gasteiger partial charge in [-0.15, -0.1) is 0 Å². The van der Waals surface area contributed by atoms with E-state index in [9.17, 15) is 14.4 Å². The molecule has 1 atom stereocenters. The van der Waals surface area contributed by atoms with Gasteiger partial charge >= 0.3 is 0 Å². The first kappa shape index (κ1) is 19.5. The van der Waals surface area contributed by atoms with Crippen molar-refractivity contribution in [1.29, 1.82) is 0 Å². The number of hydrogen-bond acceptors (Lipinski definition) is 3. The fourth-order valence-electron chi connectivity index (χ4n) is 3.52. The minimum atomic E-state index is -0.500. The molecule has 4 rings (SSSR count). The second-order valence-electron chi connectivity index (χ2n) is 7.57. The van der Waals surface area contributed by atoms with Crippen molar-refractivity contribution in [3.8, 4) is 0 Å². The third-order valence-corrected chi connectivity index (χ3v) is 5.78. The Balaban J connectivity index is 1.48. The Hall–Kier alpha value is -2.86. The fraction of sp³-hybridized carbons (Fsp3) is 0.318. The smallest absolute Gasteiger partial charge is 0.253 e. The van der Waals surface area contributed by atoms with Gasteiger partial charge in [0.05, 0.1) is 17.2 Å². The van der Waals surface area contributed by atoms with Crippen LogP contribution in [0.15, 0.2) is 42.5 Å². The summed E-state index contributed by atoms with van der Waals surface area (Å²) in [6.07, 6.45) is 2.10. The highest BCUT2D eigenvalue weighted by atomic mass is 35.5. The van der Waals surface area contributed by atoms with Gasteiger partial charge in [0.2, 0.25) is 11.8 Å². The maximum atomic E-state index is 12.9. The SMILES string of the molecule is Cc1c(Cl)cccc1N1C[C@H](C(=O)Nc2ccccc2C(=O)NC2CC2)CC1=O. The van der Waals surface area contributed by atoms with Crippen molar-refractivity contribution in [2.45, 2.75) is 32.2 Å². The maximum absolute atomic E-state index is 12.9. The van der Waals surface area contributed by atoms with E-state index in [1.54, 1.807) is 41.3 Å². The van der Waals surface area contributed by atoms with Crippen LogP contribution < -0.4 is 15.5 Å². The molecule has 6 nitrogen and oxygen atoms in total. The molecule has 2 aromatic carbocycles. The Labute approximate surface area is 174 Å². The van der Waals surface area contributed by atoms with Crippen molar-refractivity contribution in [3.63, 3.8) is 0 Å². The van der Waals surface area contributed by atoms with Crippen LogP contribution in [-0.4, -0.2) is 30.3 Å². The predicted molar refractivity (Wildman–Crippen MR) is 112 cm³/mol. The summed E-state index contributed by atoms with van der Waals surface area (Å²) in [6.45, 7) is 2.13. The molecule has 1 saturated heterocycles. The molecule has 1 aliphatic carbocycles. The van der Waals surface area contributed by atoms with Crippen LogP contribution in [0.2, 0.25) is 5.02 Å². The minimum Gasteiger partial charge on any atom is -0.349 e. The molecular weight excluding hydrogens is 390 g/mol. The van der Waals surface area contributed by atoms with E-state index in [0.717, 1.165) is 24.1 Å². The molecule has 1 saturated carbocycles. The molecule has 2 aliphatic rings. The number of carbonyl (C=O) groups excluding carboxylic acids is 3. The topological polar surface area (TPSA) is 78.5 Å². The van der Waals surface area contributed by atoms with E-state index < -0.39 is 5.92 Å². The normalized spacial score (nSPS) is 18.6. The number of nitrogens with one attached hydrogen (secondary N) is 2. The van der Waals surface area contributed by atoms with Crippen LogP contribution in [0.3, 0.4) is 0 Å². The quantitative estimate of drug-likeness (QED) is 0.789. The largest absolute Gasteiger partial charge is 0.349 e. The number of para-hydroxylation sites is 1. The number of benzene rings is 2. The van der Waals surface area contributed by atoms with E-state index in [1.165, 1.54) is 0 Å². The van der Waals surface area contributed by atoms with Gasteiger partial charge in [0.15, 0.2) is 0 Å². The summed E-state index contributed by atoms with van der Waals surface area (Å²) in [7, 11) is 0. The molecule has 2 aromatic rings. The molecule has 0 radical (unpaired) electrons. The highest BCUT2D eigenvalue weighted by molar-refractivity contribution is 6.31. The lowest BCUT2D eigenvalue weighted by atomic mass is 10.1. The monoisotopic (exact) mass is 411 g/mol. The molecular formula is C22H22ClN3O3. The first-order valence-corrected chi connectivity index (χ1v) is 10.1. The third kappa shape index (κ3) is 4.12. The van der Waals surface area contributed by atoms with Crippen molar-refractivity contribution in [2.24, 2.45) is 5.92 Å². The lowest BCUT2D eigenvalue weighted by Crippen LogP contribution is -2.30. The summed E-state index contributed by atoms with van der Waals surface area (Å²) in [5, 5.41) is 6.36. The van der Waals surface area contributed by atoms with Crippen molar-refractivity contribution < 1.29 is 14.4 Å². The number of halogens is 1. The molecule has 150 valence electrons. The second kappa shape index (κ2) is 7.87. The second-order valence-corrected chi connectivity index (χ2v) is 7.98. The summed E-state index contributed by atoms with van der Waals surface area (Å²) >= 11 is 6.18. The predicted octanol–water partition coefficient (Wildman–Crippen LogP) is 3.53. The van der Waals surface area contributed by atoms with Crippen LogP contribution in [0.5, 0.6) is 0 Å². The fourth-order valence-corrected chi connectivity index (χ4v) is 3.69. The van der Waals surface area contributed by atoms with E-state index in [4.69, 9.17) is 11.6 Å². The average Bonchev–Trinajstić information content (AvgIpc) is 3.43. The highest BCUT2D eigenvalue weighted by Gasteiger charge is 2.36. The highest BCUT2D eigenvalue weighted by Crippen LogP contribution is 2.32. The van der Waals surface area contributed by atoms with E-state index in [-0.39, 0.29) is 36.7 Å². The zero-order valence-electron chi connectivity index (χ0n) is 16.1. The zero-order chi connectivity index (χ0) is 20.5. The van der Waals surface area contributed by atoms with Gasteiger partial charge in [0.1, 0.15) is 0 Å². The molecule has 1 aliphatic heterocycles. The summed E-state index contributed by atoms with van der Waals surface area (Å²) in [5.41, 5.74) is 2.42. The van der Waals surface area contributed by atoms with E-state index >= 15 is 0 Å². The molecule has 2 fully saturated rings. The molecule has 0 spiro atoms. The Kier molecular flexibility index (Phi) is 5.28. The van der Waals surface area contributed by atoms with Crippen LogP contribution in [0.25, 0.3) is 0 Å². The number of anilines is 2. The first-order valence-electron chi connectivity index (χ1n) is 9.70. The van der Waals surface area contributed by atoms with Crippen LogP contribution in [0.4, 0.5) is 11.4 Å². The molecule has 1 heterocycles. The number of rotatable bonds is 5. The van der Waals surface area contributed by atoms with Gasteiger partial charge in [0, 0.05) is 29.7 Å². The molecule has 2 N–H and O–H groups in total. The van der Waals surface area contributed by atoms with Crippen LogP contribution in [-0.2, 0) is 9.59 Å². The van der Waals surface area contributed by atoms with Crippen molar-refractivity contribution >= 4 is 40.7 Å². The number of nitrogens with zero attached hydrogens (tertiary/aromatic N) is 1. The average molecular weight is 412 g/mol. The first-order chi connectivity index (χ1) is 13.9. The Bertz CT molecular complexity index is 987. The van der Waals surface area contributed by atoms with Gasteiger partial charge in [-0.2, -0.15) is 0 Å². The number of hydrogen-bond donors (Lipinski definition) is 2. The lowest BCUT2D eigenvalue weighted by molar-refractivity contribution is -0.122. The summed E-state index contributed by atoms with van der Waals surface area (Å²) in [5.74, 6) is -1.08. The number of carbonyl (C=O) groups is 3. The van der Waals surface area contributed by atoms with Crippen LogP contribution in [0.1, 0.15) is 35.2 Å². The van der Waals surface area contributed by atoms with Gasteiger partial charge in [-0.1, -0.05) is 29.8 Å². The van der Waals surface area contributed by atoms with Gasteiger partial charge in [0.25, 0.3) is 5.91 Å². The standard InChI is InChI=1S/C22H22ClN3O3/c1-13-17(23)6-4-8-19(13)26-12-14(11-20(26)27)21(28)25-18-7-3-2-5-16(18)22(29)24-15-9-10-15/h2-8,14-15H,9-12H2,1H3,(H,24,29)(H,25,28)/t14-/m1/s1.